The van der Waals surface area contributed by atoms with Crippen molar-refractivity contribution in [2.24, 2.45) is 11.7 Å². The van der Waals surface area contributed by atoms with E-state index >= 15 is 0 Å². The van der Waals surface area contributed by atoms with Gasteiger partial charge in [-0.3, -0.25) is 4.79 Å². The van der Waals surface area contributed by atoms with Gasteiger partial charge in [0.25, 0.3) is 5.91 Å². The Balaban J connectivity index is 1.95. The number of nitrogens with two attached hydrogens (primary N) is 1. The van der Waals surface area contributed by atoms with E-state index in [1.54, 1.807) is 6.92 Å². The first-order chi connectivity index (χ1) is 17.0. The van der Waals surface area contributed by atoms with E-state index in [1.165, 1.54) is 6.07 Å². The van der Waals surface area contributed by atoms with E-state index < -0.39 is 35.7 Å². The topological polar surface area (TPSA) is 155 Å². The van der Waals surface area contributed by atoms with Gasteiger partial charge in [0.05, 0.1) is 30.7 Å². The molecule has 6 N–H and O–H groups in total. The molecule has 1 fully saturated rings. The number of rotatable bonds is 10. The van der Waals surface area contributed by atoms with Crippen LogP contribution >= 0.6 is 0 Å². The predicted molar refractivity (Wildman–Crippen MR) is 131 cm³/mol. The Morgan fingerprint density at radius 1 is 1.17 bits per heavy atom. The van der Waals surface area contributed by atoms with Crippen molar-refractivity contribution < 1.29 is 28.2 Å². The van der Waals surface area contributed by atoms with E-state index in [4.69, 9.17) is 15.6 Å². The summed E-state index contributed by atoms with van der Waals surface area (Å²) in [5.74, 6) is -2.29. The van der Waals surface area contributed by atoms with Gasteiger partial charge in [0, 0.05) is 31.2 Å². The Morgan fingerprint density at radius 3 is 2.47 bits per heavy atom. The molecule has 3 rings (SSSR count). The highest BCUT2D eigenvalue weighted by Gasteiger charge is 2.24. The summed E-state index contributed by atoms with van der Waals surface area (Å²) in [6.07, 6.45) is 0.310. The van der Waals surface area contributed by atoms with Crippen molar-refractivity contribution >= 4 is 35.1 Å². The lowest BCUT2D eigenvalue weighted by atomic mass is 9.98. The fourth-order valence-electron chi connectivity index (χ4n) is 3.86. The van der Waals surface area contributed by atoms with Crippen LogP contribution in [0.2, 0.25) is 0 Å². The van der Waals surface area contributed by atoms with Crippen molar-refractivity contribution in [1.29, 1.82) is 0 Å². The summed E-state index contributed by atoms with van der Waals surface area (Å²) < 4.78 is 34.9. The second-order valence-corrected chi connectivity index (χ2v) is 8.94. The number of hydrogen-bond donors (Lipinski definition) is 5. The monoisotopic (exact) mass is 507 g/mol. The zero-order chi connectivity index (χ0) is 26.4. The number of nitrogens with one attached hydrogen (secondary N) is 3. The number of carbonyl (C=O) groups excluding carboxylic acids is 1. The molecule has 1 aliphatic heterocycles. The normalized spacial score (nSPS) is 15.3. The van der Waals surface area contributed by atoms with Crippen LogP contribution in [0.25, 0.3) is 0 Å². The van der Waals surface area contributed by atoms with Crippen molar-refractivity contribution in [3.05, 3.63) is 35.5 Å². The molecule has 13 heteroatoms. The number of pyridine rings is 2. The van der Waals surface area contributed by atoms with Crippen molar-refractivity contribution in [3.8, 4) is 0 Å². The first-order valence-electron chi connectivity index (χ1n) is 11.6. The third-order valence-corrected chi connectivity index (χ3v) is 5.67. The number of anilines is 4. The minimum Gasteiger partial charge on any atom is -0.465 e. The van der Waals surface area contributed by atoms with Gasteiger partial charge in [0.15, 0.2) is 17.5 Å². The third kappa shape index (κ3) is 6.90. The van der Waals surface area contributed by atoms with Crippen LogP contribution in [0.4, 0.5) is 36.7 Å². The number of morpholine rings is 1. The molecule has 1 aliphatic rings. The standard InChI is InChI=1S/C23H31F2N7O4/c1-12(2)8-17(13(3)28-23(34)35)29-22-15(24)9-14(20(26)33)21(31-22)30-18-10-19(27-11-16(18)25)32-4-6-36-7-5-32/h9-13,17,28H,4-8H2,1-3H3,(H2,26,33)(H,34,35)(H2,27,29,30,31)/t13-,17-/m0/s1. The Hall–Kier alpha value is -3.74. The molecule has 36 heavy (non-hydrogen) atoms. The third-order valence-electron chi connectivity index (χ3n) is 5.67. The molecule has 2 aromatic heterocycles. The number of amides is 2. The van der Waals surface area contributed by atoms with E-state index in [1.807, 2.05) is 18.7 Å². The number of hydrogen-bond acceptors (Lipinski definition) is 8. The van der Waals surface area contributed by atoms with Gasteiger partial charge < -0.3 is 36.4 Å². The number of nitrogens with zero attached hydrogens (tertiary/aromatic N) is 3. The van der Waals surface area contributed by atoms with E-state index in [9.17, 15) is 18.4 Å². The van der Waals surface area contributed by atoms with Crippen LogP contribution in [0.3, 0.4) is 0 Å². The molecule has 3 heterocycles. The van der Waals surface area contributed by atoms with Gasteiger partial charge in [-0.25, -0.2) is 23.5 Å². The molecular formula is C23H31F2N7O4. The highest BCUT2D eigenvalue weighted by atomic mass is 19.1. The number of ether oxygens (including phenoxy) is 1. The van der Waals surface area contributed by atoms with Gasteiger partial charge in [-0.15, -0.1) is 0 Å². The SMILES string of the molecule is CC(C)C[C@H](Nc1nc(Nc2cc(N3CCOCC3)ncc2F)c(C(N)=O)cc1F)[C@H](C)NC(=O)O. The molecule has 0 radical (unpaired) electrons. The lowest BCUT2D eigenvalue weighted by Gasteiger charge is -2.28. The highest BCUT2D eigenvalue weighted by molar-refractivity contribution is 5.98. The van der Waals surface area contributed by atoms with E-state index in [0.29, 0.717) is 38.5 Å². The van der Waals surface area contributed by atoms with E-state index in [-0.39, 0.29) is 28.8 Å². The second-order valence-electron chi connectivity index (χ2n) is 8.94. The Morgan fingerprint density at radius 2 is 1.86 bits per heavy atom. The molecule has 2 atom stereocenters. The largest absolute Gasteiger partial charge is 0.465 e. The van der Waals surface area contributed by atoms with E-state index in [0.717, 1.165) is 12.3 Å². The summed E-state index contributed by atoms with van der Waals surface area (Å²) in [5, 5.41) is 17.1. The zero-order valence-corrected chi connectivity index (χ0v) is 20.3. The summed E-state index contributed by atoms with van der Waals surface area (Å²) in [6, 6.07) is 1.25. The predicted octanol–water partition coefficient (Wildman–Crippen LogP) is 2.92. The minimum absolute atomic E-state index is 0.0290. The molecule has 0 bridgehead atoms. The van der Waals surface area contributed by atoms with Crippen LogP contribution in [-0.2, 0) is 4.74 Å². The average molecular weight is 508 g/mol. The first kappa shape index (κ1) is 26.9. The van der Waals surface area contributed by atoms with Gasteiger partial charge in [0.2, 0.25) is 0 Å². The summed E-state index contributed by atoms with van der Waals surface area (Å²) >= 11 is 0. The van der Waals surface area contributed by atoms with Crippen molar-refractivity contribution in [1.82, 2.24) is 15.3 Å². The molecule has 0 aromatic carbocycles. The van der Waals surface area contributed by atoms with Crippen molar-refractivity contribution in [2.45, 2.75) is 39.3 Å². The van der Waals surface area contributed by atoms with Crippen LogP contribution in [0.15, 0.2) is 18.3 Å². The minimum atomic E-state index is -1.22. The number of primary amides is 1. The van der Waals surface area contributed by atoms with Gasteiger partial charge in [-0.05, 0) is 25.3 Å². The van der Waals surface area contributed by atoms with Gasteiger partial charge in [-0.1, -0.05) is 13.8 Å². The zero-order valence-electron chi connectivity index (χ0n) is 20.3. The lowest BCUT2D eigenvalue weighted by molar-refractivity contribution is 0.1000. The molecule has 0 aliphatic carbocycles. The Labute approximate surface area is 207 Å². The van der Waals surface area contributed by atoms with Gasteiger partial charge in [0.1, 0.15) is 11.6 Å². The molecule has 196 valence electrons. The van der Waals surface area contributed by atoms with Crippen molar-refractivity contribution in [2.75, 3.05) is 41.8 Å². The van der Waals surface area contributed by atoms with E-state index in [2.05, 4.69) is 25.9 Å². The maximum Gasteiger partial charge on any atom is 0.404 e. The Bertz CT molecular complexity index is 1100. The smallest absolute Gasteiger partial charge is 0.404 e. The maximum atomic E-state index is 14.9. The Kier molecular flexibility index (Phi) is 8.80. The molecule has 2 aromatic rings. The molecule has 11 nitrogen and oxygen atoms in total. The fraction of sp³-hybridized carbons (Fsp3) is 0.478. The molecule has 0 saturated carbocycles. The number of halogens is 2. The highest BCUT2D eigenvalue weighted by Crippen LogP contribution is 2.28. The van der Waals surface area contributed by atoms with Crippen LogP contribution in [0.5, 0.6) is 0 Å². The molecule has 0 unspecified atom stereocenters. The lowest BCUT2D eigenvalue weighted by Crippen LogP contribution is -2.45. The molecule has 0 spiro atoms. The summed E-state index contributed by atoms with van der Waals surface area (Å²) in [5.41, 5.74) is 5.13. The fourth-order valence-corrected chi connectivity index (χ4v) is 3.86. The average Bonchev–Trinajstić information content (AvgIpc) is 2.81. The van der Waals surface area contributed by atoms with Crippen LogP contribution in [0, 0.1) is 17.6 Å². The van der Waals surface area contributed by atoms with Crippen LogP contribution in [-0.4, -0.2) is 65.5 Å². The molecule has 1 saturated heterocycles. The molecular weight excluding hydrogens is 476 g/mol. The van der Waals surface area contributed by atoms with Crippen molar-refractivity contribution in [3.63, 3.8) is 0 Å². The molecule has 2 amide bonds. The number of carboxylic acid groups (broad SMARTS) is 1. The van der Waals surface area contributed by atoms with Gasteiger partial charge >= 0.3 is 6.09 Å². The summed E-state index contributed by atoms with van der Waals surface area (Å²) in [4.78, 5) is 33.4. The summed E-state index contributed by atoms with van der Waals surface area (Å²) in [6.45, 7) is 7.69. The number of aromatic nitrogens is 2. The second kappa shape index (κ2) is 11.8. The van der Waals surface area contributed by atoms with Crippen LogP contribution < -0.4 is 26.6 Å². The first-order valence-corrected chi connectivity index (χ1v) is 11.6. The van der Waals surface area contributed by atoms with Crippen LogP contribution in [0.1, 0.15) is 37.6 Å². The number of carbonyl (C=O) groups is 2. The summed E-state index contributed by atoms with van der Waals surface area (Å²) in [7, 11) is 0. The van der Waals surface area contributed by atoms with Gasteiger partial charge in [-0.2, -0.15) is 0 Å². The quantitative estimate of drug-likeness (QED) is 0.326. The maximum absolute atomic E-state index is 14.9.